The summed E-state index contributed by atoms with van der Waals surface area (Å²) in [6, 6.07) is 0. The van der Waals surface area contributed by atoms with Crippen molar-refractivity contribution in [1.82, 2.24) is 14.9 Å². The predicted octanol–water partition coefficient (Wildman–Crippen LogP) is 7.64. The fraction of sp³-hybridized carbons (Fsp3) is 0.839. The van der Waals surface area contributed by atoms with Crippen LogP contribution in [0.3, 0.4) is 0 Å². The largest absolute Gasteiger partial charge is 0.465 e. The molecule has 1 aromatic rings. The summed E-state index contributed by atoms with van der Waals surface area (Å²) in [4.78, 5) is 27.9. The number of carbonyl (C=O) groups excluding carboxylic acids is 2. The molecule has 0 aromatic carbocycles. The topological polar surface area (TPSA) is 91.7 Å². The smallest absolute Gasteiger partial charge is 0.409 e. The highest BCUT2D eigenvalue weighted by Crippen LogP contribution is 2.14. The van der Waals surface area contributed by atoms with Crippen molar-refractivity contribution >= 4 is 12.1 Å². The minimum atomic E-state index is -0.721. The van der Waals surface area contributed by atoms with Gasteiger partial charge in [-0.2, -0.15) is 0 Å². The Morgan fingerprint density at radius 1 is 0.846 bits per heavy atom. The van der Waals surface area contributed by atoms with Gasteiger partial charge in [-0.3, -0.25) is 4.79 Å². The molecule has 0 radical (unpaired) electrons. The van der Waals surface area contributed by atoms with Crippen molar-refractivity contribution in [2.24, 2.45) is 7.05 Å². The van der Waals surface area contributed by atoms with Crippen molar-refractivity contribution < 1.29 is 23.8 Å². The van der Waals surface area contributed by atoms with E-state index >= 15 is 0 Å². The van der Waals surface area contributed by atoms with Gasteiger partial charge in [-0.25, -0.2) is 9.78 Å². The first-order valence-corrected chi connectivity index (χ1v) is 15.7. The van der Waals surface area contributed by atoms with Crippen LogP contribution in [0.4, 0.5) is 4.79 Å². The quantitative estimate of drug-likeness (QED) is 0.0723. The Labute approximate surface area is 238 Å². The first-order valence-electron chi connectivity index (χ1n) is 15.7. The van der Waals surface area contributed by atoms with Crippen molar-refractivity contribution in [1.29, 1.82) is 0 Å². The fourth-order valence-electron chi connectivity index (χ4n) is 4.59. The normalized spacial score (nSPS) is 11.9. The lowest BCUT2D eigenvalue weighted by atomic mass is 10.0. The lowest BCUT2D eigenvalue weighted by molar-refractivity contribution is -0.149. The zero-order valence-electron chi connectivity index (χ0n) is 25.2. The molecule has 0 unspecified atom stereocenters. The second-order valence-electron chi connectivity index (χ2n) is 10.6. The van der Waals surface area contributed by atoms with Crippen LogP contribution < -0.4 is 5.32 Å². The van der Waals surface area contributed by atoms with Crippen LogP contribution in [0.1, 0.15) is 135 Å². The molecule has 8 heteroatoms. The van der Waals surface area contributed by atoms with E-state index in [2.05, 4.69) is 17.2 Å². The van der Waals surface area contributed by atoms with E-state index in [1.54, 1.807) is 6.20 Å². The zero-order chi connectivity index (χ0) is 28.4. The molecule has 1 amide bonds. The number of imidazole rings is 1. The molecule has 0 spiro atoms. The minimum absolute atomic E-state index is 0.155. The van der Waals surface area contributed by atoms with E-state index in [0.717, 1.165) is 25.1 Å². The Morgan fingerprint density at radius 3 is 1.92 bits per heavy atom. The molecule has 0 saturated carbocycles. The average molecular weight is 552 g/mol. The number of carbonyl (C=O) groups is 2. The van der Waals surface area contributed by atoms with Gasteiger partial charge >= 0.3 is 12.1 Å². The van der Waals surface area contributed by atoms with Gasteiger partial charge in [0, 0.05) is 45.8 Å². The maximum atomic E-state index is 12.0. The van der Waals surface area contributed by atoms with E-state index in [9.17, 15) is 9.59 Å². The molecule has 0 fully saturated rings. The van der Waals surface area contributed by atoms with Gasteiger partial charge < -0.3 is 24.1 Å². The minimum Gasteiger partial charge on any atom is -0.465 e. The molecule has 1 aromatic heterocycles. The number of aryl methyl sites for hydroxylation is 2. The number of unbranched alkanes of at least 4 members (excludes halogenated alkanes) is 15. The molecule has 0 bridgehead atoms. The SMILES string of the molecule is CCCCCCCCCCCCCCCCCCO[C@@H](CCOC(=O)CCCc1nccn1C)OC(=O)NC. The van der Waals surface area contributed by atoms with Gasteiger partial charge in [0.2, 0.25) is 6.29 Å². The number of amides is 1. The molecular formula is C31H57N3O5. The first-order chi connectivity index (χ1) is 19.1. The Morgan fingerprint density at radius 2 is 1.41 bits per heavy atom. The van der Waals surface area contributed by atoms with Gasteiger partial charge in [-0.1, -0.05) is 103 Å². The molecular weight excluding hydrogens is 494 g/mol. The lowest BCUT2D eigenvalue weighted by Gasteiger charge is -2.18. The Hall–Kier alpha value is -2.09. The Balaban J connectivity index is 2.00. The number of alkyl carbamates (subject to hydrolysis) is 1. The maximum Gasteiger partial charge on any atom is 0.409 e. The van der Waals surface area contributed by atoms with Gasteiger partial charge in [0.25, 0.3) is 0 Å². The van der Waals surface area contributed by atoms with Crippen LogP contribution in [0, 0.1) is 0 Å². The van der Waals surface area contributed by atoms with E-state index in [4.69, 9.17) is 14.2 Å². The van der Waals surface area contributed by atoms with Crippen molar-refractivity contribution in [3.05, 3.63) is 18.2 Å². The van der Waals surface area contributed by atoms with E-state index in [0.29, 0.717) is 25.9 Å². The van der Waals surface area contributed by atoms with Crippen molar-refractivity contribution in [2.45, 2.75) is 142 Å². The van der Waals surface area contributed by atoms with Crippen LogP contribution in [0.2, 0.25) is 0 Å². The van der Waals surface area contributed by atoms with Gasteiger partial charge in [0.1, 0.15) is 5.82 Å². The van der Waals surface area contributed by atoms with E-state index in [1.165, 1.54) is 96.9 Å². The Kier molecular flexibility index (Phi) is 22.3. The summed E-state index contributed by atoms with van der Waals surface area (Å²) in [7, 11) is 3.45. The molecule has 0 aliphatic rings. The van der Waals surface area contributed by atoms with Crippen LogP contribution in [0.5, 0.6) is 0 Å². The van der Waals surface area contributed by atoms with E-state index in [-0.39, 0.29) is 12.6 Å². The van der Waals surface area contributed by atoms with Gasteiger partial charge in [0.05, 0.1) is 13.2 Å². The monoisotopic (exact) mass is 551 g/mol. The molecule has 1 heterocycles. The lowest BCUT2D eigenvalue weighted by Crippen LogP contribution is -2.29. The van der Waals surface area contributed by atoms with Crippen LogP contribution in [0.25, 0.3) is 0 Å². The standard InChI is InChI=1S/C31H57N3O5/c1-4-5-6-7-8-9-10-11-12-13-14-15-16-17-18-19-26-38-30(39-31(36)32-2)23-27-37-29(35)22-20-21-28-33-24-25-34(28)3/h24-25,30H,4-23,26-27H2,1-3H3,(H,32,36)/t30-/m1/s1. The third-order valence-electron chi connectivity index (χ3n) is 7.06. The van der Waals surface area contributed by atoms with Crippen LogP contribution in [-0.2, 0) is 32.5 Å². The van der Waals surface area contributed by atoms with Gasteiger partial charge in [-0.15, -0.1) is 0 Å². The molecule has 1 rings (SSSR count). The third kappa shape index (κ3) is 20.5. The summed E-state index contributed by atoms with van der Waals surface area (Å²) in [6.45, 7) is 2.95. The molecule has 0 aliphatic heterocycles. The number of hydrogen-bond acceptors (Lipinski definition) is 6. The highest BCUT2D eigenvalue weighted by atomic mass is 16.7. The molecule has 1 N–H and O–H groups in total. The second kappa shape index (κ2) is 24.9. The number of aromatic nitrogens is 2. The van der Waals surface area contributed by atoms with Gasteiger partial charge in [-0.05, 0) is 12.8 Å². The highest BCUT2D eigenvalue weighted by molar-refractivity contribution is 5.69. The number of hydrogen-bond donors (Lipinski definition) is 1. The summed E-state index contributed by atoms with van der Waals surface area (Å²) in [5, 5.41) is 2.44. The first kappa shape index (κ1) is 34.9. The van der Waals surface area contributed by atoms with E-state index in [1.807, 2.05) is 17.8 Å². The van der Waals surface area contributed by atoms with Crippen molar-refractivity contribution in [3.63, 3.8) is 0 Å². The number of nitrogens with zero attached hydrogens (tertiary/aromatic N) is 2. The summed E-state index contributed by atoms with van der Waals surface area (Å²) >= 11 is 0. The average Bonchev–Trinajstić information content (AvgIpc) is 3.34. The third-order valence-corrected chi connectivity index (χ3v) is 7.06. The highest BCUT2D eigenvalue weighted by Gasteiger charge is 2.15. The number of nitrogens with one attached hydrogen (secondary N) is 1. The zero-order valence-corrected chi connectivity index (χ0v) is 25.2. The number of esters is 1. The van der Waals surface area contributed by atoms with Crippen LogP contribution >= 0.6 is 0 Å². The molecule has 1 atom stereocenters. The summed E-state index contributed by atoms with van der Waals surface area (Å²) < 4.78 is 18.3. The summed E-state index contributed by atoms with van der Waals surface area (Å²) in [5.74, 6) is 0.685. The molecule has 39 heavy (non-hydrogen) atoms. The Bertz CT molecular complexity index is 725. The molecule has 8 nitrogen and oxygen atoms in total. The van der Waals surface area contributed by atoms with Crippen LogP contribution in [0.15, 0.2) is 12.4 Å². The van der Waals surface area contributed by atoms with Crippen molar-refractivity contribution in [3.8, 4) is 0 Å². The van der Waals surface area contributed by atoms with Crippen LogP contribution in [-0.4, -0.2) is 48.2 Å². The fourth-order valence-corrected chi connectivity index (χ4v) is 4.59. The number of rotatable bonds is 26. The van der Waals surface area contributed by atoms with E-state index < -0.39 is 12.4 Å². The molecule has 0 aliphatic carbocycles. The predicted molar refractivity (Wildman–Crippen MR) is 157 cm³/mol. The molecule has 0 saturated heterocycles. The van der Waals surface area contributed by atoms with Gasteiger partial charge in [0.15, 0.2) is 0 Å². The van der Waals surface area contributed by atoms with Crippen molar-refractivity contribution in [2.75, 3.05) is 20.3 Å². The summed E-state index contributed by atoms with van der Waals surface area (Å²) in [6.07, 6.45) is 25.5. The number of ether oxygens (including phenoxy) is 3. The molecule has 226 valence electrons. The maximum absolute atomic E-state index is 12.0. The summed E-state index contributed by atoms with van der Waals surface area (Å²) in [5.41, 5.74) is 0. The second-order valence-corrected chi connectivity index (χ2v) is 10.6.